The van der Waals surface area contributed by atoms with Crippen molar-refractivity contribution in [3.05, 3.63) is 39.4 Å². The number of nitrogens with zero attached hydrogens (tertiary/aromatic N) is 1. The highest BCUT2D eigenvalue weighted by Gasteiger charge is 2.51. The lowest BCUT2D eigenvalue weighted by molar-refractivity contribution is -0.127. The summed E-state index contributed by atoms with van der Waals surface area (Å²) >= 11 is 5.33. The SMILES string of the molecule is O=C(Cn1c(=S)[nH]c2ccccc2c1=O)NC12CC3CC(CC(C3)C1)C2. The third-order valence-electron chi connectivity index (χ3n) is 6.63. The van der Waals surface area contributed by atoms with Crippen LogP contribution >= 0.6 is 12.2 Å². The number of hydrogen-bond acceptors (Lipinski definition) is 3. The van der Waals surface area contributed by atoms with Gasteiger partial charge in [-0.1, -0.05) is 12.1 Å². The molecule has 136 valence electrons. The van der Waals surface area contributed by atoms with Gasteiger partial charge in [-0.25, -0.2) is 0 Å². The predicted molar refractivity (Wildman–Crippen MR) is 102 cm³/mol. The highest BCUT2D eigenvalue weighted by molar-refractivity contribution is 7.71. The van der Waals surface area contributed by atoms with Crippen molar-refractivity contribution in [3.8, 4) is 0 Å². The molecule has 26 heavy (non-hydrogen) atoms. The van der Waals surface area contributed by atoms with Gasteiger partial charge in [-0.05, 0) is 80.6 Å². The van der Waals surface area contributed by atoms with Crippen molar-refractivity contribution >= 4 is 29.0 Å². The molecule has 4 aliphatic rings. The molecule has 5 nitrogen and oxygen atoms in total. The molecule has 0 unspecified atom stereocenters. The Bertz CT molecular complexity index is 971. The number of H-pyrrole nitrogens is 1. The lowest BCUT2D eigenvalue weighted by Gasteiger charge is -2.56. The summed E-state index contributed by atoms with van der Waals surface area (Å²) in [6.07, 6.45) is 7.32. The van der Waals surface area contributed by atoms with E-state index in [2.05, 4.69) is 10.3 Å². The maximum atomic E-state index is 12.8. The second kappa shape index (κ2) is 5.78. The van der Waals surface area contributed by atoms with Crippen LogP contribution in [0.5, 0.6) is 0 Å². The van der Waals surface area contributed by atoms with Crippen LogP contribution in [0.4, 0.5) is 0 Å². The number of fused-ring (bicyclic) bond motifs is 1. The average molecular weight is 369 g/mol. The van der Waals surface area contributed by atoms with Gasteiger partial charge in [0.25, 0.3) is 5.56 Å². The van der Waals surface area contributed by atoms with E-state index in [0.717, 1.165) is 37.0 Å². The Morgan fingerprint density at radius 1 is 1.15 bits per heavy atom. The maximum Gasteiger partial charge on any atom is 0.262 e. The molecular weight excluding hydrogens is 346 g/mol. The van der Waals surface area contributed by atoms with Crippen LogP contribution in [0.1, 0.15) is 38.5 Å². The first-order valence-corrected chi connectivity index (χ1v) is 9.95. The monoisotopic (exact) mass is 369 g/mol. The van der Waals surface area contributed by atoms with E-state index >= 15 is 0 Å². The van der Waals surface area contributed by atoms with Crippen molar-refractivity contribution in [3.63, 3.8) is 0 Å². The number of amides is 1. The molecule has 6 rings (SSSR count). The molecule has 2 aromatic rings. The quantitative estimate of drug-likeness (QED) is 0.817. The fourth-order valence-electron chi connectivity index (χ4n) is 6.09. The first kappa shape index (κ1) is 16.2. The van der Waals surface area contributed by atoms with Crippen LogP contribution in [0.15, 0.2) is 29.1 Å². The summed E-state index contributed by atoms with van der Waals surface area (Å²) in [4.78, 5) is 28.6. The molecule has 0 radical (unpaired) electrons. The van der Waals surface area contributed by atoms with E-state index in [-0.39, 0.29) is 23.6 Å². The van der Waals surface area contributed by atoms with Crippen molar-refractivity contribution in [2.45, 2.75) is 50.6 Å². The second-order valence-electron chi connectivity index (χ2n) is 8.61. The predicted octanol–water partition coefficient (Wildman–Crippen LogP) is 3.14. The van der Waals surface area contributed by atoms with Gasteiger partial charge >= 0.3 is 0 Å². The maximum absolute atomic E-state index is 12.8. The van der Waals surface area contributed by atoms with Crippen LogP contribution in [0.3, 0.4) is 0 Å². The lowest BCUT2D eigenvalue weighted by atomic mass is 9.53. The fourth-order valence-corrected chi connectivity index (χ4v) is 6.34. The van der Waals surface area contributed by atoms with Crippen LogP contribution in [0.25, 0.3) is 10.9 Å². The van der Waals surface area contributed by atoms with E-state index in [1.165, 1.54) is 23.8 Å². The zero-order valence-corrected chi connectivity index (χ0v) is 15.5. The molecule has 4 fully saturated rings. The van der Waals surface area contributed by atoms with Crippen molar-refractivity contribution in [2.24, 2.45) is 17.8 Å². The molecule has 4 saturated carbocycles. The number of hydrogen-bond donors (Lipinski definition) is 2. The van der Waals surface area contributed by atoms with Gasteiger partial charge in [0, 0.05) is 5.54 Å². The smallest absolute Gasteiger partial charge is 0.262 e. The standard InChI is InChI=1S/C20H23N3O2S/c24-17(22-20-8-12-5-13(9-20)7-14(6-12)10-20)11-23-18(25)15-3-1-2-4-16(15)21-19(23)26/h1-4,12-14H,5-11H2,(H,21,26)(H,22,24). The van der Waals surface area contributed by atoms with Crippen LogP contribution in [-0.2, 0) is 11.3 Å². The summed E-state index contributed by atoms with van der Waals surface area (Å²) < 4.78 is 1.68. The largest absolute Gasteiger partial charge is 0.349 e. The number of benzene rings is 1. The molecule has 4 aliphatic carbocycles. The Hall–Kier alpha value is -1.95. The van der Waals surface area contributed by atoms with Crippen molar-refractivity contribution in [1.29, 1.82) is 0 Å². The topological polar surface area (TPSA) is 66.9 Å². The van der Waals surface area contributed by atoms with E-state index in [1.807, 2.05) is 18.2 Å². The minimum absolute atomic E-state index is 0.0131. The number of aromatic nitrogens is 2. The van der Waals surface area contributed by atoms with Gasteiger partial charge in [0.1, 0.15) is 6.54 Å². The molecular formula is C20H23N3O2S. The van der Waals surface area contributed by atoms with E-state index < -0.39 is 0 Å². The Morgan fingerprint density at radius 2 is 1.77 bits per heavy atom. The zero-order valence-electron chi connectivity index (χ0n) is 14.7. The van der Waals surface area contributed by atoms with Crippen molar-refractivity contribution < 1.29 is 4.79 Å². The summed E-state index contributed by atoms with van der Waals surface area (Å²) in [5.41, 5.74) is 0.461. The number of nitrogens with one attached hydrogen (secondary N) is 2. The van der Waals surface area contributed by atoms with Crippen LogP contribution in [-0.4, -0.2) is 21.0 Å². The molecule has 1 amide bonds. The molecule has 1 aromatic carbocycles. The first-order valence-electron chi connectivity index (χ1n) is 9.54. The van der Waals surface area contributed by atoms with Gasteiger partial charge in [-0.15, -0.1) is 0 Å². The molecule has 1 heterocycles. The van der Waals surface area contributed by atoms with E-state index in [4.69, 9.17) is 12.2 Å². The normalized spacial score (nSPS) is 32.1. The van der Waals surface area contributed by atoms with Gasteiger partial charge in [-0.2, -0.15) is 0 Å². The third kappa shape index (κ3) is 2.62. The Kier molecular flexibility index (Phi) is 3.61. The van der Waals surface area contributed by atoms with Crippen molar-refractivity contribution in [2.75, 3.05) is 0 Å². The van der Waals surface area contributed by atoms with Gasteiger partial charge in [0.15, 0.2) is 4.77 Å². The fraction of sp³-hybridized carbons (Fsp3) is 0.550. The summed E-state index contributed by atoms with van der Waals surface area (Å²) in [6, 6.07) is 7.26. The molecule has 1 aromatic heterocycles. The molecule has 0 spiro atoms. The first-order chi connectivity index (χ1) is 12.5. The molecule has 2 N–H and O–H groups in total. The second-order valence-corrected chi connectivity index (χ2v) is 9.00. The molecule has 0 saturated heterocycles. The molecule has 6 heteroatoms. The molecule has 4 bridgehead atoms. The highest BCUT2D eigenvalue weighted by atomic mass is 32.1. The number of carbonyl (C=O) groups excluding carboxylic acids is 1. The zero-order chi connectivity index (χ0) is 17.9. The van der Waals surface area contributed by atoms with E-state index in [0.29, 0.717) is 15.7 Å². The number of rotatable bonds is 3. The molecule has 0 atom stereocenters. The minimum Gasteiger partial charge on any atom is -0.349 e. The van der Waals surface area contributed by atoms with Gasteiger partial charge in [-0.3, -0.25) is 14.2 Å². The van der Waals surface area contributed by atoms with Gasteiger partial charge in [0.2, 0.25) is 5.91 Å². The van der Waals surface area contributed by atoms with Crippen LogP contribution in [0.2, 0.25) is 0 Å². The summed E-state index contributed by atoms with van der Waals surface area (Å²) in [7, 11) is 0. The summed E-state index contributed by atoms with van der Waals surface area (Å²) in [5.74, 6) is 2.22. The number of carbonyl (C=O) groups is 1. The third-order valence-corrected chi connectivity index (χ3v) is 6.96. The number of aromatic amines is 1. The highest BCUT2D eigenvalue weighted by Crippen LogP contribution is 2.55. The summed E-state index contributed by atoms with van der Waals surface area (Å²) in [5, 5.41) is 3.88. The van der Waals surface area contributed by atoms with E-state index in [9.17, 15) is 9.59 Å². The van der Waals surface area contributed by atoms with E-state index in [1.54, 1.807) is 6.07 Å². The van der Waals surface area contributed by atoms with Crippen LogP contribution in [0, 0.1) is 22.5 Å². The Balaban J connectivity index is 1.40. The van der Waals surface area contributed by atoms with Gasteiger partial charge in [0.05, 0.1) is 10.9 Å². The number of para-hydroxylation sites is 1. The van der Waals surface area contributed by atoms with Gasteiger partial charge < -0.3 is 10.3 Å². The average Bonchev–Trinajstić information content (AvgIpc) is 2.57. The Morgan fingerprint density at radius 3 is 2.42 bits per heavy atom. The van der Waals surface area contributed by atoms with Crippen molar-refractivity contribution in [1.82, 2.24) is 14.9 Å². The lowest BCUT2D eigenvalue weighted by Crippen LogP contribution is -2.60. The summed E-state index contributed by atoms with van der Waals surface area (Å²) in [6.45, 7) is -0.0131. The Labute approximate surface area is 156 Å². The minimum atomic E-state index is -0.204. The molecule has 0 aliphatic heterocycles. The van der Waals surface area contributed by atoms with Crippen LogP contribution < -0.4 is 10.9 Å².